The van der Waals surface area contributed by atoms with Crippen molar-refractivity contribution in [1.82, 2.24) is 5.32 Å². The molecule has 0 heterocycles. The highest BCUT2D eigenvalue weighted by molar-refractivity contribution is 9.10. The number of hydrogen-bond donors (Lipinski definition) is 2. The SMILES string of the molecule is CNC(CO)c1ccc(Br)cc1. The third-order valence-electron chi connectivity index (χ3n) is 1.80. The number of likely N-dealkylation sites (N-methyl/N-ethyl adjacent to an activating group) is 1. The van der Waals surface area contributed by atoms with Crippen LogP contribution in [0.5, 0.6) is 0 Å². The van der Waals surface area contributed by atoms with E-state index in [-0.39, 0.29) is 12.6 Å². The van der Waals surface area contributed by atoms with Gasteiger partial charge in [0.25, 0.3) is 0 Å². The van der Waals surface area contributed by atoms with Crippen molar-refractivity contribution in [2.45, 2.75) is 6.04 Å². The first kappa shape index (κ1) is 9.71. The normalized spacial score (nSPS) is 12.9. The van der Waals surface area contributed by atoms with E-state index in [4.69, 9.17) is 5.11 Å². The number of rotatable bonds is 3. The van der Waals surface area contributed by atoms with Gasteiger partial charge in [0.1, 0.15) is 0 Å². The molecular weight excluding hydrogens is 218 g/mol. The lowest BCUT2D eigenvalue weighted by atomic mass is 10.1. The van der Waals surface area contributed by atoms with Crippen LogP contribution >= 0.6 is 15.9 Å². The molecule has 0 saturated heterocycles. The molecule has 12 heavy (non-hydrogen) atoms. The Morgan fingerprint density at radius 2 is 2.00 bits per heavy atom. The van der Waals surface area contributed by atoms with E-state index in [1.54, 1.807) is 0 Å². The summed E-state index contributed by atoms with van der Waals surface area (Å²) in [7, 11) is 1.84. The molecular formula is C9H12BrNO. The van der Waals surface area contributed by atoms with E-state index in [9.17, 15) is 0 Å². The van der Waals surface area contributed by atoms with Crippen molar-refractivity contribution in [3.8, 4) is 0 Å². The lowest BCUT2D eigenvalue weighted by molar-refractivity contribution is 0.251. The van der Waals surface area contributed by atoms with E-state index < -0.39 is 0 Å². The first-order valence-electron chi connectivity index (χ1n) is 3.81. The van der Waals surface area contributed by atoms with Gasteiger partial charge < -0.3 is 10.4 Å². The van der Waals surface area contributed by atoms with Crippen LogP contribution in [0.3, 0.4) is 0 Å². The van der Waals surface area contributed by atoms with Crippen LogP contribution < -0.4 is 5.32 Å². The maximum atomic E-state index is 8.97. The Hall–Kier alpha value is -0.380. The Bertz CT molecular complexity index is 231. The molecule has 0 aliphatic rings. The summed E-state index contributed by atoms with van der Waals surface area (Å²) in [5.74, 6) is 0. The second-order valence-electron chi connectivity index (χ2n) is 2.58. The molecule has 0 radical (unpaired) electrons. The molecule has 0 saturated carbocycles. The molecule has 66 valence electrons. The van der Waals surface area contributed by atoms with Crippen molar-refractivity contribution in [1.29, 1.82) is 0 Å². The third kappa shape index (κ3) is 2.30. The molecule has 0 bridgehead atoms. The Kier molecular flexibility index (Phi) is 3.72. The topological polar surface area (TPSA) is 32.3 Å². The van der Waals surface area contributed by atoms with E-state index in [2.05, 4.69) is 21.2 Å². The zero-order valence-corrected chi connectivity index (χ0v) is 8.51. The van der Waals surface area contributed by atoms with Crippen molar-refractivity contribution in [2.75, 3.05) is 13.7 Å². The minimum atomic E-state index is 0.0399. The molecule has 0 spiro atoms. The Labute approximate surface area is 80.7 Å². The van der Waals surface area contributed by atoms with Crippen molar-refractivity contribution >= 4 is 15.9 Å². The molecule has 3 heteroatoms. The summed E-state index contributed by atoms with van der Waals surface area (Å²) >= 11 is 3.36. The summed E-state index contributed by atoms with van der Waals surface area (Å²) < 4.78 is 1.05. The minimum Gasteiger partial charge on any atom is -0.394 e. The Balaban J connectivity index is 2.80. The zero-order valence-electron chi connectivity index (χ0n) is 6.92. The summed E-state index contributed by atoms with van der Waals surface area (Å²) in [6, 6.07) is 7.95. The molecule has 1 aromatic rings. The highest BCUT2D eigenvalue weighted by Gasteiger charge is 2.05. The molecule has 0 fully saturated rings. The Morgan fingerprint density at radius 3 is 2.42 bits per heavy atom. The monoisotopic (exact) mass is 229 g/mol. The van der Waals surface area contributed by atoms with Gasteiger partial charge in [-0.25, -0.2) is 0 Å². The highest BCUT2D eigenvalue weighted by atomic mass is 79.9. The highest BCUT2D eigenvalue weighted by Crippen LogP contribution is 2.15. The molecule has 0 aliphatic carbocycles. The van der Waals surface area contributed by atoms with Gasteiger partial charge in [0.15, 0.2) is 0 Å². The number of aliphatic hydroxyl groups is 1. The lowest BCUT2D eigenvalue weighted by Crippen LogP contribution is -2.19. The van der Waals surface area contributed by atoms with Crippen LogP contribution in [-0.2, 0) is 0 Å². The van der Waals surface area contributed by atoms with Crippen LogP contribution in [0.1, 0.15) is 11.6 Å². The third-order valence-corrected chi connectivity index (χ3v) is 2.33. The summed E-state index contributed by atoms with van der Waals surface area (Å²) in [5, 5.41) is 12.0. The van der Waals surface area contributed by atoms with Crippen LogP contribution in [0.2, 0.25) is 0 Å². The smallest absolute Gasteiger partial charge is 0.0626 e. The first-order valence-corrected chi connectivity index (χ1v) is 4.61. The fourth-order valence-electron chi connectivity index (χ4n) is 1.06. The van der Waals surface area contributed by atoms with E-state index in [1.165, 1.54) is 0 Å². The fraction of sp³-hybridized carbons (Fsp3) is 0.333. The average molecular weight is 230 g/mol. The quantitative estimate of drug-likeness (QED) is 0.828. The van der Waals surface area contributed by atoms with Gasteiger partial charge in [-0.3, -0.25) is 0 Å². The van der Waals surface area contributed by atoms with Gasteiger partial charge in [-0.15, -0.1) is 0 Å². The molecule has 0 aliphatic heterocycles. The number of nitrogens with one attached hydrogen (secondary N) is 1. The van der Waals surface area contributed by atoms with Gasteiger partial charge in [-0.2, -0.15) is 0 Å². The maximum Gasteiger partial charge on any atom is 0.0626 e. The second-order valence-corrected chi connectivity index (χ2v) is 3.49. The van der Waals surface area contributed by atoms with Crippen molar-refractivity contribution in [3.63, 3.8) is 0 Å². The predicted octanol–water partition coefficient (Wildman–Crippen LogP) is 1.70. The van der Waals surface area contributed by atoms with Crippen molar-refractivity contribution in [3.05, 3.63) is 34.3 Å². The van der Waals surface area contributed by atoms with Crippen molar-refractivity contribution in [2.24, 2.45) is 0 Å². The van der Waals surface area contributed by atoms with Crippen LogP contribution in [0, 0.1) is 0 Å². The predicted molar refractivity (Wildman–Crippen MR) is 53.0 cm³/mol. The summed E-state index contributed by atoms with van der Waals surface area (Å²) in [6.07, 6.45) is 0. The van der Waals surface area contributed by atoms with Gasteiger partial charge in [-0.1, -0.05) is 28.1 Å². The van der Waals surface area contributed by atoms with Gasteiger partial charge in [-0.05, 0) is 24.7 Å². The summed E-state index contributed by atoms with van der Waals surface area (Å²) in [5.41, 5.74) is 1.10. The fourth-order valence-corrected chi connectivity index (χ4v) is 1.32. The number of benzene rings is 1. The number of hydrogen-bond acceptors (Lipinski definition) is 2. The van der Waals surface area contributed by atoms with E-state index in [0.29, 0.717) is 0 Å². The van der Waals surface area contributed by atoms with Gasteiger partial charge in [0.05, 0.1) is 12.6 Å². The van der Waals surface area contributed by atoms with E-state index in [1.807, 2.05) is 31.3 Å². The molecule has 1 aromatic carbocycles. The van der Waals surface area contributed by atoms with E-state index in [0.717, 1.165) is 10.0 Å². The second kappa shape index (κ2) is 4.60. The van der Waals surface area contributed by atoms with Crippen molar-refractivity contribution < 1.29 is 5.11 Å². The van der Waals surface area contributed by atoms with Gasteiger partial charge in [0, 0.05) is 4.47 Å². The van der Waals surface area contributed by atoms with Crippen LogP contribution in [-0.4, -0.2) is 18.8 Å². The molecule has 1 unspecified atom stereocenters. The molecule has 1 atom stereocenters. The molecule has 2 nitrogen and oxygen atoms in total. The Morgan fingerprint density at radius 1 is 1.42 bits per heavy atom. The zero-order chi connectivity index (χ0) is 8.97. The molecule has 0 aromatic heterocycles. The standard InChI is InChI=1S/C9H12BrNO/c1-11-9(6-12)7-2-4-8(10)5-3-7/h2-5,9,11-12H,6H2,1H3. The van der Waals surface area contributed by atoms with Crippen LogP contribution in [0.4, 0.5) is 0 Å². The summed E-state index contributed by atoms with van der Waals surface area (Å²) in [4.78, 5) is 0. The summed E-state index contributed by atoms with van der Waals surface area (Å²) in [6.45, 7) is 0.123. The lowest BCUT2D eigenvalue weighted by Gasteiger charge is -2.12. The molecule has 1 rings (SSSR count). The van der Waals surface area contributed by atoms with Crippen LogP contribution in [0.15, 0.2) is 28.7 Å². The van der Waals surface area contributed by atoms with Gasteiger partial charge in [0.2, 0.25) is 0 Å². The number of halogens is 1. The minimum absolute atomic E-state index is 0.0399. The first-order chi connectivity index (χ1) is 5.77. The average Bonchev–Trinajstić information content (AvgIpc) is 2.10. The molecule has 2 N–H and O–H groups in total. The van der Waals surface area contributed by atoms with Crippen LogP contribution in [0.25, 0.3) is 0 Å². The number of aliphatic hydroxyl groups excluding tert-OH is 1. The van der Waals surface area contributed by atoms with E-state index >= 15 is 0 Å². The van der Waals surface area contributed by atoms with Gasteiger partial charge >= 0.3 is 0 Å². The molecule has 0 amide bonds. The largest absolute Gasteiger partial charge is 0.394 e. The maximum absolute atomic E-state index is 8.97.